The first kappa shape index (κ1) is 24.6. The summed E-state index contributed by atoms with van der Waals surface area (Å²) < 4.78 is 5.56. The van der Waals surface area contributed by atoms with Gasteiger partial charge in [-0.05, 0) is 31.0 Å². The minimum absolute atomic E-state index is 0.0144. The number of aromatic nitrogens is 1. The molecule has 9 heteroatoms. The molecule has 0 saturated heterocycles. The van der Waals surface area contributed by atoms with Crippen LogP contribution in [0.25, 0.3) is 0 Å². The fourth-order valence-electron chi connectivity index (χ4n) is 3.11. The van der Waals surface area contributed by atoms with Crippen molar-refractivity contribution in [1.82, 2.24) is 10.3 Å². The Balaban J connectivity index is 1.48. The van der Waals surface area contributed by atoms with E-state index in [9.17, 15) is 10.1 Å². The van der Waals surface area contributed by atoms with Gasteiger partial charge in [0.05, 0.1) is 11.5 Å². The van der Waals surface area contributed by atoms with Crippen LogP contribution in [0.3, 0.4) is 0 Å². The van der Waals surface area contributed by atoms with E-state index < -0.39 is 4.92 Å². The first-order chi connectivity index (χ1) is 15.7. The molecule has 2 aromatic rings. The van der Waals surface area contributed by atoms with Crippen LogP contribution >= 0.6 is 0 Å². The second kappa shape index (κ2) is 15.2. The van der Waals surface area contributed by atoms with Crippen molar-refractivity contribution in [3.05, 3.63) is 58.9 Å². The number of nitrogens with one attached hydrogen (secondary N) is 2. The topological polar surface area (TPSA) is 125 Å². The van der Waals surface area contributed by atoms with E-state index in [1.54, 1.807) is 30.6 Å². The Bertz CT molecular complexity index is 883. The Morgan fingerprint density at radius 3 is 2.38 bits per heavy atom. The van der Waals surface area contributed by atoms with E-state index in [4.69, 9.17) is 10.00 Å². The van der Waals surface area contributed by atoms with Crippen molar-refractivity contribution < 1.29 is 9.66 Å². The lowest BCUT2D eigenvalue weighted by Crippen LogP contribution is -2.27. The number of nitrogens with zero attached hydrogens (tertiary/aromatic N) is 4. The number of benzene rings is 1. The fourth-order valence-corrected chi connectivity index (χ4v) is 3.11. The number of aliphatic imine (C=N–C) groups is 1. The summed E-state index contributed by atoms with van der Waals surface area (Å²) in [7, 11) is 0. The number of nitro benzene ring substituents is 1. The normalized spacial score (nSPS) is 10.9. The molecule has 2 N–H and O–H groups in total. The summed E-state index contributed by atoms with van der Waals surface area (Å²) in [5, 5.41) is 25.4. The molecule has 0 radical (unpaired) electrons. The van der Waals surface area contributed by atoms with Gasteiger partial charge < -0.3 is 10.1 Å². The number of hydrogen-bond acceptors (Lipinski definition) is 6. The van der Waals surface area contributed by atoms with E-state index in [-0.39, 0.29) is 5.69 Å². The van der Waals surface area contributed by atoms with Crippen LogP contribution in [0.1, 0.15) is 51.4 Å². The van der Waals surface area contributed by atoms with Crippen molar-refractivity contribution >= 4 is 17.3 Å². The number of unbranched alkanes of at least 4 members (excludes halogenated alkanes) is 7. The number of hydrogen-bond donors (Lipinski definition) is 2. The summed E-state index contributed by atoms with van der Waals surface area (Å²) in [6.45, 7) is 1.15. The van der Waals surface area contributed by atoms with Crippen LogP contribution in [0, 0.1) is 21.6 Å². The van der Waals surface area contributed by atoms with E-state index in [2.05, 4.69) is 20.6 Å². The molecule has 0 unspecified atom stereocenters. The molecule has 0 aliphatic rings. The zero-order valence-corrected chi connectivity index (χ0v) is 18.2. The third-order valence-corrected chi connectivity index (χ3v) is 4.76. The molecule has 170 valence electrons. The predicted molar refractivity (Wildman–Crippen MR) is 124 cm³/mol. The molecular formula is C23H30N6O3. The highest BCUT2D eigenvalue weighted by atomic mass is 16.6. The summed E-state index contributed by atoms with van der Waals surface area (Å²) in [5.74, 6) is 0.783. The van der Waals surface area contributed by atoms with Crippen LogP contribution in [0.4, 0.5) is 11.4 Å². The third-order valence-electron chi connectivity index (χ3n) is 4.76. The van der Waals surface area contributed by atoms with Gasteiger partial charge in [-0.2, -0.15) is 5.26 Å². The second-order valence-corrected chi connectivity index (χ2v) is 7.23. The van der Waals surface area contributed by atoms with Crippen molar-refractivity contribution in [2.24, 2.45) is 4.99 Å². The summed E-state index contributed by atoms with van der Waals surface area (Å²) >= 11 is 0. The summed E-state index contributed by atoms with van der Waals surface area (Å²) in [6.07, 6.45) is 13.9. The van der Waals surface area contributed by atoms with Crippen LogP contribution < -0.4 is 15.4 Å². The SMILES string of the molecule is N#CNC(=NCCCCCCCCCCOc1ccccc1[N+](=O)[O-])Nc1ccncc1. The van der Waals surface area contributed by atoms with Crippen LogP contribution in [0.2, 0.25) is 0 Å². The number of ether oxygens (including phenoxy) is 1. The molecule has 0 spiro atoms. The Morgan fingerprint density at radius 2 is 1.69 bits per heavy atom. The molecule has 32 heavy (non-hydrogen) atoms. The maximum atomic E-state index is 11.0. The molecular weight excluding hydrogens is 408 g/mol. The molecule has 0 bridgehead atoms. The summed E-state index contributed by atoms with van der Waals surface area (Å²) in [4.78, 5) is 18.9. The number of anilines is 1. The molecule has 2 rings (SSSR count). The maximum absolute atomic E-state index is 11.0. The lowest BCUT2D eigenvalue weighted by molar-refractivity contribution is -0.385. The molecule has 9 nitrogen and oxygen atoms in total. The molecule has 0 atom stereocenters. The minimum Gasteiger partial charge on any atom is -0.487 e. The number of pyridine rings is 1. The summed E-state index contributed by atoms with van der Waals surface area (Å²) in [5.41, 5.74) is 0.842. The number of guanidine groups is 1. The van der Waals surface area contributed by atoms with E-state index in [1.807, 2.05) is 18.3 Å². The van der Waals surface area contributed by atoms with Crippen molar-refractivity contribution in [1.29, 1.82) is 5.26 Å². The zero-order chi connectivity index (χ0) is 22.9. The summed E-state index contributed by atoms with van der Waals surface area (Å²) in [6, 6.07) is 10.1. The first-order valence-corrected chi connectivity index (χ1v) is 10.9. The third kappa shape index (κ3) is 9.89. The highest BCUT2D eigenvalue weighted by molar-refractivity contribution is 5.94. The van der Waals surface area contributed by atoms with Crippen LogP contribution in [0.15, 0.2) is 53.8 Å². The van der Waals surface area contributed by atoms with E-state index in [1.165, 1.54) is 18.9 Å². The van der Waals surface area contributed by atoms with Crippen molar-refractivity contribution in [2.45, 2.75) is 51.4 Å². The molecule has 1 heterocycles. The van der Waals surface area contributed by atoms with Gasteiger partial charge in [0, 0.05) is 30.7 Å². The van der Waals surface area contributed by atoms with Crippen molar-refractivity contribution in [2.75, 3.05) is 18.5 Å². The van der Waals surface area contributed by atoms with E-state index >= 15 is 0 Å². The molecule has 0 fully saturated rings. The van der Waals surface area contributed by atoms with Crippen molar-refractivity contribution in [3.63, 3.8) is 0 Å². The van der Waals surface area contributed by atoms with Gasteiger partial charge in [0.25, 0.3) is 0 Å². The molecule has 0 saturated carbocycles. The van der Waals surface area contributed by atoms with Gasteiger partial charge in [0.1, 0.15) is 0 Å². The standard InChI is InChI=1S/C23H30N6O3/c24-19-27-23(28-20-13-16-25-17-14-20)26-15-9-5-3-1-2-4-6-10-18-32-22-12-8-7-11-21(22)29(30)31/h7-8,11-14,16-17H,1-6,9-10,15,18H2,(H2,25,26,27,28). The molecule has 0 aliphatic carbocycles. The van der Waals surface area contributed by atoms with E-state index in [0.717, 1.165) is 44.2 Å². The Morgan fingerprint density at radius 1 is 1.03 bits per heavy atom. The molecule has 0 aliphatic heterocycles. The monoisotopic (exact) mass is 438 g/mol. The first-order valence-electron chi connectivity index (χ1n) is 10.9. The van der Waals surface area contributed by atoms with Gasteiger partial charge in [0.2, 0.25) is 5.96 Å². The quantitative estimate of drug-likeness (QED) is 0.0806. The van der Waals surface area contributed by atoms with E-state index in [0.29, 0.717) is 24.9 Å². The van der Waals surface area contributed by atoms with Gasteiger partial charge >= 0.3 is 5.69 Å². The lowest BCUT2D eigenvalue weighted by Gasteiger charge is -2.07. The van der Waals surface area contributed by atoms with Gasteiger partial charge in [-0.1, -0.05) is 50.7 Å². The second-order valence-electron chi connectivity index (χ2n) is 7.23. The Hall–Kier alpha value is -3.67. The van der Waals surface area contributed by atoms with Gasteiger partial charge in [-0.15, -0.1) is 0 Å². The van der Waals surface area contributed by atoms with Crippen LogP contribution in [-0.2, 0) is 0 Å². The Labute approximate surface area is 188 Å². The van der Waals surface area contributed by atoms with Gasteiger partial charge in [0.15, 0.2) is 11.9 Å². The highest BCUT2D eigenvalue weighted by Crippen LogP contribution is 2.26. The number of rotatable bonds is 14. The fraction of sp³-hybridized carbons (Fsp3) is 0.435. The maximum Gasteiger partial charge on any atom is 0.310 e. The zero-order valence-electron chi connectivity index (χ0n) is 18.2. The minimum atomic E-state index is -0.418. The van der Waals surface area contributed by atoms with Crippen molar-refractivity contribution in [3.8, 4) is 11.9 Å². The number of para-hydroxylation sites is 2. The van der Waals surface area contributed by atoms with Crippen LogP contribution in [0.5, 0.6) is 5.75 Å². The molecule has 1 aromatic carbocycles. The van der Waals surface area contributed by atoms with Crippen LogP contribution in [-0.4, -0.2) is 29.0 Å². The van der Waals surface area contributed by atoms with Gasteiger partial charge in [-0.25, -0.2) is 0 Å². The number of nitro groups is 1. The smallest absolute Gasteiger partial charge is 0.310 e. The largest absolute Gasteiger partial charge is 0.487 e. The average Bonchev–Trinajstić information content (AvgIpc) is 2.80. The Kier molecular flexibility index (Phi) is 11.7. The molecule has 0 amide bonds. The lowest BCUT2D eigenvalue weighted by atomic mass is 10.1. The van der Waals surface area contributed by atoms with Gasteiger partial charge in [-0.3, -0.25) is 25.4 Å². The average molecular weight is 439 g/mol. The highest BCUT2D eigenvalue weighted by Gasteiger charge is 2.12. The predicted octanol–water partition coefficient (Wildman–Crippen LogP) is 5.03. The number of nitriles is 1. The molecule has 1 aromatic heterocycles.